The Hall–Kier alpha value is -3.35. The molecule has 0 aliphatic carbocycles. The van der Waals surface area contributed by atoms with Crippen molar-refractivity contribution < 1.29 is 19.1 Å². The average molecular weight is 480 g/mol. The van der Waals surface area contributed by atoms with E-state index in [1.807, 2.05) is 54.8 Å². The Kier molecular flexibility index (Phi) is 6.96. The molecule has 2 heterocycles. The molecule has 2 aromatic carbocycles. The number of benzene rings is 2. The lowest BCUT2D eigenvalue weighted by Gasteiger charge is -2.22. The number of hydrogen-bond donors (Lipinski definition) is 1. The Labute approximate surface area is 201 Å². The first-order valence-electron chi connectivity index (χ1n) is 10.5. The van der Waals surface area contributed by atoms with E-state index in [2.05, 4.69) is 5.32 Å². The van der Waals surface area contributed by atoms with Crippen LogP contribution in [-0.4, -0.2) is 24.6 Å². The molecule has 0 fully saturated rings. The van der Waals surface area contributed by atoms with Crippen molar-refractivity contribution in [1.29, 1.82) is 0 Å². The van der Waals surface area contributed by atoms with Crippen LogP contribution in [0.5, 0.6) is 5.75 Å². The van der Waals surface area contributed by atoms with Gasteiger partial charge in [0.2, 0.25) is 5.91 Å². The van der Waals surface area contributed by atoms with Crippen LogP contribution in [0.1, 0.15) is 29.8 Å². The van der Waals surface area contributed by atoms with Gasteiger partial charge in [-0.05, 0) is 55.3 Å². The Balaban J connectivity index is 1.57. The predicted molar refractivity (Wildman–Crippen MR) is 133 cm³/mol. The third-order valence-electron chi connectivity index (χ3n) is 5.10. The van der Waals surface area contributed by atoms with Gasteiger partial charge in [-0.15, -0.1) is 11.3 Å². The molecule has 1 amide bonds. The fourth-order valence-electron chi connectivity index (χ4n) is 3.47. The molecule has 1 aromatic heterocycles. The summed E-state index contributed by atoms with van der Waals surface area (Å²) in [5, 5.41) is 5.68. The molecule has 5 nitrogen and oxygen atoms in total. The highest BCUT2D eigenvalue weighted by molar-refractivity contribution is 7.15. The Morgan fingerprint density at radius 3 is 2.70 bits per heavy atom. The van der Waals surface area contributed by atoms with E-state index in [0.717, 1.165) is 22.4 Å². The molecule has 3 aromatic rings. The van der Waals surface area contributed by atoms with Gasteiger partial charge >= 0.3 is 5.97 Å². The van der Waals surface area contributed by atoms with Gasteiger partial charge in [-0.1, -0.05) is 41.9 Å². The Morgan fingerprint density at radius 2 is 1.94 bits per heavy atom. The first-order chi connectivity index (χ1) is 16.0. The largest absolute Gasteiger partial charge is 0.485 e. The lowest BCUT2D eigenvalue weighted by Crippen LogP contribution is -2.18. The highest BCUT2D eigenvalue weighted by atomic mass is 35.5. The van der Waals surface area contributed by atoms with Crippen molar-refractivity contribution in [3.63, 3.8) is 0 Å². The molecule has 1 N–H and O–H groups in total. The number of fused-ring (bicyclic) bond motifs is 1. The van der Waals surface area contributed by atoms with Crippen molar-refractivity contribution in [3.05, 3.63) is 87.8 Å². The SMILES string of the molecule is CCOC(=O)c1c(-c2ccc(Cl)cc2)csc1NC(=O)/C=C/C1=Cc2ccccc2OC1C. The van der Waals surface area contributed by atoms with Gasteiger partial charge in [-0.25, -0.2) is 4.79 Å². The molecular weight excluding hydrogens is 458 g/mol. The number of carbonyl (C=O) groups excluding carboxylic acids is 2. The van der Waals surface area contributed by atoms with Crippen LogP contribution in [0.15, 0.2) is 71.6 Å². The lowest BCUT2D eigenvalue weighted by atomic mass is 10.0. The molecule has 1 atom stereocenters. The van der Waals surface area contributed by atoms with Crippen LogP contribution >= 0.6 is 22.9 Å². The van der Waals surface area contributed by atoms with Gasteiger partial charge in [-0.2, -0.15) is 0 Å². The second-order valence-corrected chi connectivity index (χ2v) is 8.66. The molecule has 4 rings (SSSR count). The zero-order valence-electron chi connectivity index (χ0n) is 18.1. The predicted octanol–water partition coefficient (Wildman–Crippen LogP) is 6.60. The van der Waals surface area contributed by atoms with E-state index in [4.69, 9.17) is 21.1 Å². The van der Waals surface area contributed by atoms with Crippen LogP contribution in [0, 0.1) is 0 Å². The van der Waals surface area contributed by atoms with Crippen LogP contribution in [0.3, 0.4) is 0 Å². The van der Waals surface area contributed by atoms with Crippen molar-refractivity contribution in [3.8, 4) is 16.9 Å². The average Bonchev–Trinajstić information content (AvgIpc) is 3.21. The summed E-state index contributed by atoms with van der Waals surface area (Å²) in [7, 11) is 0. The standard InChI is InChI=1S/C26H22ClNO4S/c1-3-31-26(30)24-21(17-8-11-20(27)12-9-17)15-33-25(24)28-23(29)13-10-18-14-19-6-4-5-7-22(19)32-16(18)2/h4-16H,3H2,1-2H3,(H,28,29)/b13-10+. The summed E-state index contributed by atoms with van der Waals surface area (Å²) >= 11 is 7.27. The molecule has 0 bridgehead atoms. The van der Waals surface area contributed by atoms with Gasteiger partial charge in [0.25, 0.3) is 0 Å². The first-order valence-corrected chi connectivity index (χ1v) is 11.7. The summed E-state index contributed by atoms with van der Waals surface area (Å²) in [5.74, 6) is -0.0207. The van der Waals surface area contributed by atoms with Crippen molar-refractivity contribution in [2.75, 3.05) is 11.9 Å². The molecular formula is C26H22ClNO4S. The number of anilines is 1. The van der Waals surface area contributed by atoms with E-state index in [9.17, 15) is 9.59 Å². The highest BCUT2D eigenvalue weighted by Crippen LogP contribution is 2.37. The number of halogens is 1. The molecule has 0 spiro atoms. The number of rotatable bonds is 6. The topological polar surface area (TPSA) is 64.6 Å². The van der Waals surface area contributed by atoms with Crippen LogP contribution in [0.25, 0.3) is 17.2 Å². The van der Waals surface area contributed by atoms with Crippen molar-refractivity contribution in [1.82, 2.24) is 0 Å². The van der Waals surface area contributed by atoms with E-state index in [1.165, 1.54) is 17.4 Å². The zero-order valence-corrected chi connectivity index (χ0v) is 19.7. The summed E-state index contributed by atoms with van der Waals surface area (Å²) < 4.78 is 11.2. The molecule has 1 unspecified atom stereocenters. The van der Waals surface area contributed by atoms with Crippen LogP contribution < -0.4 is 10.1 Å². The highest BCUT2D eigenvalue weighted by Gasteiger charge is 2.23. The summed E-state index contributed by atoms with van der Waals surface area (Å²) in [6.07, 6.45) is 4.99. The molecule has 7 heteroatoms. The smallest absolute Gasteiger partial charge is 0.341 e. The third kappa shape index (κ3) is 5.18. The van der Waals surface area contributed by atoms with Gasteiger partial charge in [0.1, 0.15) is 22.4 Å². The normalized spacial score (nSPS) is 14.9. The maximum Gasteiger partial charge on any atom is 0.341 e. The Bertz CT molecular complexity index is 1240. The van der Waals surface area contributed by atoms with Crippen molar-refractivity contribution >= 4 is 45.9 Å². The number of amides is 1. The summed E-state index contributed by atoms with van der Waals surface area (Å²) in [6.45, 7) is 3.91. The first kappa shape index (κ1) is 22.8. The zero-order chi connectivity index (χ0) is 23.4. The molecule has 1 aliphatic rings. The van der Waals surface area contributed by atoms with Gasteiger partial charge < -0.3 is 14.8 Å². The number of thiophene rings is 1. The van der Waals surface area contributed by atoms with Gasteiger partial charge in [0, 0.05) is 27.6 Å². The quantitative estimate of drug-likeness (QED) is 0.319. The van der Waals surface area contributed by atoms with E-state index in [-0.39, 0.29) is 18.6 Å². The van der Waals surface area contributed by atoms with Gasteiger partial charge in [0.05, 0.1) is 6.61 Å². The summed E-state index contributed by atoms with van der Waals surface area (Å²) in [5.41, 5.74) is 3.66. The fraction of sp³-hybridized carbons (Fsp3) is 0.154. The molecule has 33 heavy (non-hydrogen) atoms. The summed E-state index contributed by atoms with van der Waals surface area (Å²) in [4.78, 5) is 25.4. The maximum absolute atomic E-state index is 12.7. The monoisotopic (exact) mass is 479 g/mol. The minimum atomic E-state index is -0.489. The van der Waals surface area contributed by atoms with Crippen LogP contribution in [0.4, 0.5) is 5.00 Å². The van der Waals surface area contributed by atoms with Gasteiger partial charge in [-0.3, -0.25) is 4.79 Å². The molecule has 0 saturated heterocycles. The second-order valence-electron chi connectivity index (χ2n) is 7.35. The van der Waals surface area contributed by atoms with Crippen molar-refractivity contribution in [2.24, 2.45) is 0 Å². The molecule has 0 radical (unpaired) electrons. The number of hydrogen-bond acceptors (Lipinski definition) is 5. The Morgan fingerprint density at radius 1 is 1.18 bits per heavy atom. The minimum Gasteiger partial charge on any atom is -0.485 e. The number of esters is 1. The van der Waals surface area contributed by atoms with E-state index >= 15 is 0 Å². The molecule has 1 aliphatic heterocycles. The van der Waals surface area contributed by atoms with Crippen LogP contribution in [-0.2, 0) is 9.53 Å². The molecule has 0 saturated carbocycles. The number of carbonyl (C=O) groups is 2. The lowest BCUT2D eigenvalue weighted by molar-refractivity contribution is -0.111. The van der Waals surface area contributed by atoms with Crippen LogP contribution in [0.2, 0.25) is 5.02 Å². The maximum atomic E-state index is 12.7. The fourth-order valence-corrected chi connectivity index (χ4v) is 4.56. The third-order valence-corrected chi connectivity index (χ3v) is 6.25. The molecule has 168 valence electrons. The van der Waals surface area contributed by atoms with E-state index < -0.39 is 5.97 Å². The second kappa shape index (κ2) is 10.1. The van der Waals surface area contributed by atoms with E-state index in [0.29, 0.717) is 21.2 Å². The van der Waals surface area contributed by atoms with E-state index in [1.54, 1.807) is 25.1 Å². The van der Waals surface area contributed by atoms with Crippen molar-refractivity contribution in [2.45, 2.75) is 20.0 Å². The number of nitrogens with one attached hydrogen (secondary N) is 1. The minimum absolute atomic E-state index is 0.183. The number of para-hydroxylation sites is 1. The number of ether oxygens (including phenoxy) is 2. The summed E-state index contributed by atoms with van der Waals surface area (Å²) in [6, 6.07) is 14.9. The van der Waals surface area contributed by atoms with Gasteiger partial charge in [0.15, 0.2) is 0 Å².